The van der Waals surface area contributed by atoms with E-state index in [9.17, 15) is 15.2 Å². The second kappa shape index (κ2) is 7.94. The molecule has 182 valence electrons. The van der Waals surface area contributed by atoms with Crippen LogP contribution in [0.2, 0.25) is 0 Å². The molecular formula is C24H23N9O3. The summed E-state index contributed by atoms with van der Waals surface area (Å²) >= 11 is 0. The Labute approximate surface area is 205 Å². The van der Waals surface area contributed by atoms with Crippen molar-refractivity contribution in [1.82, 2.24) is 29.3 Å². The Morgan fingerprint density at radius 2 is 2.14 bits per heavy atom. The van der Waals surface area contributed by atoms with Crippen molar-refractivity contribution in [1.29, 1.82) is 5.26 Å². The minimum absolute atomic E-state index is 0.190. The minimum atomic E-state index is -1.15. The van der Waals surface area contributed by atoms with Crippen LogP contribution in [0.5, 0.6) is 11.5 Å². The molecule has 1 aliphatic carbocycles. The van der Waals surface area contributed by atoms with Crippen molar-refractivity contribution in [3.05, 3.63) is 41.9 Å². The van der Waals surface area contributed by atoms with E-state index in [4.69, 9.17) is 9.84 Å². The standard InChI is InChI=1S/C24H23N9O3/c1-31(23(34)35)19-10-14(4-8-26-19)36-16-13-27-21-20(15(16)12-25)32(2)22(29-21)28-18-11-17-24(5-3-6-24)7-9-33(17)30-18/h4,8,10-11,13H,3,5-7,9H2,1-2H3,(H,34,35)(H,27,28,29,30). The summed E-state index contributed by atoms with van der Waals surface area (Å²) in [6.07, 6.45) is 6.58. The van der Waals surface area contributed by atoms with Crippen LogP contribution in [0.3, 0.4) is 0 Å². The van der Waals surface area contributed by atoms with E-state index in [-0.39, 0.29) is 22.5 Å². The summed E-state index contributed by atoms with van der Waals surface area (Å²) < 4.78 is 9.76. The second-order valence-corrected chi connectivity index (χ2v) is 9.22. The van der Waals surface area contributed by atoms with Crippen LogP contribution in [-0.4, -0.2) is 47.5 Å². The molecule has 0 atom stereocenters. The average molecular weight is 486 g/mol. The van der Waals surface area contributed by atoms with Gasteiger partial charge in [-0.3, -0.25) is 9.58 Å². The molecule has 1 fully saturated rings. The number of hydrogen-bond acceptors (Lipinski definition) is 8. The summed E-state index contributed by atoms with van der Waals surface area (Å²) in [6.45, 7) is 0.930. The highest BCUT2D eigenvalue weighted by Crippen LogP contribution is 2.50. The van der Waals surface area contributed by atoms with Gasteiger partial charge in [-0.05, 0) is 25.3 Å². The molecule has 4 aromatic rings. The lowest BCUT2D eigenvalue weighted by Gasteiger charge is -2.37. The normalized spacial score (nSPS) is 15.4. The molecule has 2 aliphatic rings. The quantitative estimate of drug-likeness (QED) is 0.429. The van der Waals surface area contributed by atoms with Gasteiger partial charge in [0.25, 0.3) is 0 Å². The third kappa shape index (κ3) is 3.31. The molecule has 1 aliphatic heterocycles. The molecule has 1 amide bonds. The zero-order valence-electron chi connectivity index (χ0n) is 19.8. The monoisotopic (exact) mass is 485 g/mol. The van der Waals surface area contributed by atoms with Crippen LogP contribution in [-0.2, 0) is 19.0 Å². The molecule has 4 aromatic heterocycles. The predicted octanol–water partition coefficient (Wildman–Crippen LogP) is 3.91. The molecule has 0 unspecified atom stereocenters. The van der Waals surface area contributed by atoms with E-state index in [2.05, 4.69) is 37.1 Å². The Bertz CT molecular complexity index is 1560. The molecule has 0 saturated heterocycles. The summed E-state index contributed by atoms with van der Waals surface area (Å²) in [5, 5.41) is 27.2. The van der Waals surface area contributed by atoms with E-state index >= 15 is 0 Å². The van der Waals surface area contributed by atoms with Crippen molar-refractivity contribution >= 4 is 34.8 Å². The first-order chi connectivity index (χ1) is 17.4. The van der Waals surface area contributed by atoms with Crippen LogP contribution in [0.1, 0.15) is 36.9 Å². The SMILES string of the molecule is CN(C(=O)O)c1cc(Oc2cnc3nc(Nc4cc5n(n4)CCC54CCC4)n(C)c3c2C#N)ccn1. The number of imidazole rings is 1. The number of ether oxygens (including phenoxy) is 1. The zero-order chi connectivity index (χ0) is 25.0. The van der Waals surface area contributed by atoms with E-state index in [0.29, 0.717) is 22.9 Å². The lowest BCUT2D eigenvalue weighted by atomic mass is 9.66. The number of amides is 1. The highest BCUT2D eigenvalue weighted by molar-refractivity contribution is 5.85. The van der Waals surface area contributed by atoms with Crippen molar-refractivity contribution < 1.29 is 14.6 Å². The number of carboxylic acid groups (broad SMARTS) is 1. The van der Waals surface area contributed by atoms with Crippen LogP contribution in [0.25, 0.3) is 11.2 Å². The molecule has 12 nitrogen and oxygen atoms in total. The molecule has 6 rings (SSSR count). The first-order valence-electron chi connectivity index (χ1n) is 11.6. The largest absolute Gasteiger partial charge is 0.465 e. The van der Waals surface area contributed by atoms with Crippen LogP contribution < -0.4 is 15.0 Å². The Morgan fingerprint density at radius 1 is 1.31 bits per heavy atom. The van der Waals surface area contributed by atoms with Gasteiger partial charge < -0.3 is 19.7 Å². The number of hydrogen-bond donors (Lipinski definition) is 2. The third-order valence-electron chi connectivity index (χ3n) is 7.23. The van der Waals surface area contributed by atoms with Gasteiger partial charge in [0.05, 0.1) is 6.20 Å². The Morgan fingerprint density at radius 3 is 2.86 bits per heavy atom. The molecule has 1 saturated carbocycles. The highest BCUT2D eigenvalue weighted by Gasteiger charge is 2.45. The number of anilines is 3. The topological polar surface area (TPSA) is 147 Å². The fraction of sp³-hybridized carbons (Fsp3) is 0.333. The fourth-order valence-corrected chi connectivity index (χ4v) is 5.07. The number of nitrogens with one attached hydrogen (secondary N) is 1. The van der Waals surface area contributed by atoms with Gasteiger partial charge in [-0.25, -0.2) is 14.8 Å². The summed E-state index contributed by atoms with van der Waals surface area (Å²) in [5.74, 6) is 1.97. The van der Waals surface area contributed by atoms with E-state index in [1.165, 1.54) is 50.5 Å². The molecular weight excluding hydrogens is 462 g/mol. The van der Waals surface area contributed by atoms with Gasteiger partial charge in [-0.2, -0.15) is 15.3 Å². The van der Waals surface area contributed by atoms with Gasteiger partial charge in [0.1, 0.15) is 28.7 Å². The first kappa shape index (κ1) is 21.8. The van der Waals surface area contributed by atoms with Crippen molar-refractivity contribution in [3.63, 3.8) is 0 Å². The smallest absolute Gasteiger partial charge is 0.412 e. The van der Waals surface area contributed by atoms with Crippen LogP contribution in [0.15, 0.2) is 30.6 Å². The average Bonchev–Trinajstić information content (AvgIpc) is 3.50. The van der Waals surface area contributed by atoms with E-state index < -0.39 is 6.09 Å². The number of nitrogens with zero attached hydrogens (tertiary/aromatic N) is 8. The minimum Gasteiger partial charge on any atom is -0.465 e. The molecule has 5 heterocycles. The fourth-order valence-electron chi connectivity index (χ4n) is 5.07. The van der Waals surface area contributed by atoms with Gasteiger partial charge >= 0.3 is 6.09 Å². The first-order valence-corrected chi connectivity index (χ1v) is 11.6. The Hall–Kier alpha value is -4.66. The third-order valence-corrected chi connectivity index (χ3v) is 7.23. The van der Waals surface area contributed by atoms with Crippen molar-refractivity contribution in [3.8, 4) is 17.6 Å². The molecule has 0 bridgehead atoms. The number of aryl methyl sites for hydroxylation is 2. The number of rotatable bonds is 5. The number of nitriles is 1. The molecule has 0 aromatic carbocycles. The molecule has 2 N–H and O–H groups in total. The number of aromatic nitrogens is 6. The number of carbonyl (C=O) groups is 1. The van der Waals surface area contributed by atoms with Crippen molar-refractivity contribution in [2.45, 2.75) is 37.6 Å². The van der Waals surface area contributed by atoms with Gasteiger partial charge in [0, 0.05) is 50.1 Å². The van der Waals surface area contributed by atoms with Gasteiger partial charge in [0.15, 0.2) is 17.2 Å². The highest BCUT2D eigenvalue weighted by atomic mass is 16.5. The lowest BCUT2D eigenvalue weighted by Crippen LogP contribution is -2.31. The van der Waals surface area contributed by atoms with Gasteiger partial charge in [-0.15, -0.1) is 0 Å². The summed E-state index contributed by atoms with van der Waals surface area (Å²) in [4.78, 5) is 25.2. The summed E-state index contributed by atoms with van der Waals surface area (Å²) in [7, 11) is 3.18. The van der Waals surface area contributed by atoms with Crippen molar-refractivity contribution in [2.24, 2.45) is 7.05 Å². The van der Waals surface area contributed by atoms with E-state index in [1.807, 2.05) is 0 Å². The maximum Gasteiger partial charge on any atom is 0.412 e. The molecule has 36 heavy (non-hydrogen) atoms. The van der Waals surface area contributed by atoms with E-state index in [0.717, 1.165) is 23.7 Å². The van der Waals surface area contributed by atoms with Crippen LogP contribution >= 0.6 is 0 Å². The number of pyridine rings is 2. The summed E-state index contributed by atoms with van der Waals surface area (Å²) in [6, 6.07) is 7.35. The van der Waals surface area contributed by atoms with Crippen LogP contribution in [0, 0.1) is 11.3 Å². The zero-order valence-corrected chi connectivity index (χ0v) is 19.8. The lowest BCUT2D eigenvalue weighted by molar-refractivity contribution is 0.203. The second-order valence-electron chi connectivity index (χ2n) is 9.22. The summed E-state index contributed by atoms with van der Waals surface area (Å²) in [5.41, 5.74) is 2.73. The van der Waals surface area contributed by atoms with Gasteiger partial charge in [0.2, 0.25) is 5.95 Å². The predicted molar refractivity (Wildman–Crippen MR) is 130 cm³/mol. The van der Waals surface area contributed by atoms with Crippen molar-refractivity contribution in [2.75, 3.05) is 17.3 Å². The molecule has 12 heteroatoms. The van der Waals surface area contributed by atoms with Crippen LogP contribution in [0.4, 0.5) is 22.4 Å². The van der Waals surface area contributed by atoms with E-state index in [1.54, 1.807) is 17.7 Å². The Balaban J connectivity index is 1.31. The molecule has 1 spiro atoms. The molecule has 0 radical (unpaired) electrons. The Kier molecular flexibility index (Phi) is 4.82. The number of fused-ring (bicyclic) bond motifs is 3. The maximum absolute atomic E-state index is 11.2. The van der Waals surface area contributed by atoms with Gasteiger partial charge in [-0.1, -0.05) is 6.42 Å². The maximum atomic E-state index is 11.2.